The van der Waals surface area contributed by atoms with Crippen LogP contribution < -0.4 is 0 Å². The Hall–Kier alpha value is -1.75. The minimum absolute atomic E-state index is 0.193. The number of allylic oxidation sites excluding steroid dienone is 4. The zero-order chi connectivity index (χ0) is 15.3. The van der Waals surface area contributed by atoms with Gasteiger partial charge in [0.05, 0.1) is 5.69 Å². The standard InChI is InChI=1S/C15H20N2O2S/c1-5-7-9(3)10(4)11(8-16)14-17-12(6-2)13(20-14)15(18)19/h5,7-9,16H,6H2,1-4H3,(H,18,19)/b7-5-,11-10+,16-8?. The average Bonchev–Trinajstić information content (AvgIpc) is 2.84. The van der Waals surface area contributed by atoms with Gasteiger partial charge in [0.25, 0.3) is 0 Å². The second-order valence-electron chi connectivity index (χ2n) is 4.51. The quantitative estimate of drug-likeness (QED) is 0.614. The normalized spacial score (nSPS) is 14.2. The molecule has 0 amide bonds. The van der Waals surface area contributed by atoms with E-state index in [1.165, 1.54) is 6.21 Å². The molecule has 0 saturated heterocycles. The van der Waals surface area contributed by atoms with Crippen molar-refractivity contribution in [2.24, 2.45) is 5.92 Å². The first kappa shape index (κ1) is 16.3. The molecule has 0 saturated carbocycles. The first-order valence-electron chi connectivity index (χ1n) is 6.53. The Morgan fingerprint density at radius 2 is 2.20 bits per heavy atom. The highest BCUT2D eigenvalue weighted by Crippen LogP contribution is 2.29. The van der Waals surface area contributed by atoms with Crippen LogP contribution in [0, 0.1) is 11.3 Å². The third-order valence-corrected chi connectivity index (χ3v) is 4.31. The van der Waals surface area contributed by atoms with Crippen LogP contribution in [0.25, 0.3) is 5.57 Å². The molecule has 0 aliphatic carbocycles. The molecule has 5 heteroatoms. The molecule has 0 fully saturated rings. The van der Waals surface area contributed by atoms with Crippen LogP contribution in [0.4, 0.5) is 0 Å². The maximum atomic E-state index is 11.2. The molecule has 2 N–H and O–H groups in total. The van der Waals surface area contributed by atoms with Crippen LogP contribution >= 0.6 is 11.3 Å². The van der Waals surface area contributed by atoms with Crippen molar-refractivity contribution in [2.75, 3.05) is 0 Å². The van der Waals surface area contributed by atoms with Crippen LogP contribution in [0.1, 0.15) is 48.1 Å². The fourth-order valence-electron chi connectivity index (χ4n) is 1.90. The highest BCUT2D eigenvalue weighted by atomic mass is 32.1. The van der Waals surface area contributed by atoms with E-state index in [0.29, 0.717) is 22.7 Å². The number of hydrogen-bond donors (Lipinski definition) is 2. The van der Waals surface area contributed by atoms with Crippen molar-refractivity contribution in [2.45, 2.75) is 34.1 Å². The number of carbonyl (C=O) groups is 1. The largest absolute Gasteiger partial charge is 0.477 e. The number of carboxylic acid groups (broad SMARTS) is 1. The van der Waals surface area contributed by atoms with E-state index in [9.17, 15) is 9.90 Å². The summed E-state index contributed by atoms with van der Waals surface area (Å²) in [6.07, 6.45) is 5.86. The second-order valence-corrected chi connectivity index (χ2v) is 5.51. The first-order valence-corrected chi connectivity index (χ1v) is 7.35. The number of aromatic carboxylic acids is 1. The van der Waals surface area contributed by atoms with Gasteiger partial charge in [0.15, 0.2) is 0 Å². The van der Waals surface area contributed by atoms with E-state index in [2.05, 4.69) is 4.98 Å². The topological polar surface area (TPSA) is 74.0 Å². The fourth-order valence-corrected chi connectivity index (χ4v) is 2.97. The van der Waals surface area contributed by atoms with Crippen LogP contribution in [0.5, 0.6) is 0 Å². The smallest absolute Gasteiger partial charge is 0.347 e. The zero-order valence-corrected chi connectivity index (χ0v) is 13.0. The van der Waals surface area contributed by atoms with Gasteiger partial charge in [0, 0.05) is 11.8 Å². The van der Waals surface area contributed by atoms with Crippen molar-refractivity contribution in [3.8, 4) is 0 Å². The number of thiazole rings is 1. The molecule has 1 aromatic rings. The molecule has 108 valence electrons. The molecule has 1 atom stereocenters. The van der Waals surface area contributed by atoms with Crippen molar-refractivity contribution in [1.82, 2.24) is 4.98 Å². The van der Waals surface area contributed by atoms with Gasteiger partial charge in [0.2, 0.25) is 0 Å². The van der Waals surface area contributed by atoms with Gasteiger partial charge in [-0.3, -0.25) is 0 Å². The summed E-state index contributed by atoms with van der Waals surface area (Å²) in [6.45, 7) is 7.84. The number of nitrogens with zero attached hydrogens (tertiary/aromatic N) is 1. The summed E-state index contributed by atoms with van der Waals surface area (Å²) in [6, 6.07) is 0. The molecule has 0 aliphatic heterocycles. The van der Waals surface area contributed by atoms with Crippen LogP contribution in [-0.4, -0.2) is 22.3 Å². The minimum Gasteiger partial charge on any atom is -0.477 e. The Labute approximate surface area is 123 Å². The molecule has 0 radical (unpaired) electrons. The van der Waals surface area contributed by atoms with Gasteiger partial charge in [-0.2, -0.15) is 0 Å². The van der Waals surface area contributed by atoms with E-state index in [0.717, 1.165) is 16.9 Å². The lowest BCUT2D eigenvalue weighted by atomic mass is 9.97. The molecular formula is C15H20N2O2S. The first-order chi connectivity index (χ1) is 9.46. The lowest BCUT2D eigenvalue weighted by Gasteiger charge is -2.10. The van der Waals surface area contributed by atoms with Gasteiger partial charge in [0.1, 0.15) is 9.88 Å². The molecule has 1 heterocycles. The molecule has 1 unspecified atom stereocenters. The predicted molar refractivity (Wildman–Crippen MR) is 83.8 cm³/mol. The SMILES string of the molecule is C/C=C\C(C)/C(C)=C(\C=N)c1nc(CC)c(C(=O)O)s1. The fraction of sp³-hybridized carbons (Fsp3) is 0.400. The van der Waals surface area contributed by atoms with E-state index in [-0.39, 0.29) is 10.8 Å². The monoisotopic (exact) mass is 292 g/mol. The van der Waals surface area contributed by atoms with Gasteiger partial charge in [-0.05, 0) is 26.2 Å². The molecular weight excluding hydrogens is 272 g/mol. The summed E-state index contributed by atoms with van der Waals surface area (Å²) in [4.78, 5) is 15.9. The number of aromatic nitrogens is 1. The Morgan fingerprint density at radius 3 is 2.60 bits per heavy atom. The van der Waals surface area contributed by atoms with Crippen molar-refractivity contribution < 1.29 is 9.90 Å². The van der Waals surface area contributed by atoms with Gasteiger partial charge >= 0.3 is 5.97 Å². The van der Waals surface area contributed by atoms with Crippen LogP contribution in [0.15, 0.2) is 17.7 Å². The molecule has 0 aromatic carbocycles. The van der Waals surface area contributed by atoms with Crippen molar-refractivity contribution in [3.05, 3.63) is 33.3 Å². The second kappa shape index (κ2) is 7.14. The van der Waals surface area contributed by atoms with Crippen molar-refractivity contribution >= 4 is 29.1 Å². The van der Waals surface area contributed by atoms with E-state index < -0.39 is 5.97 Å². The van der Waals surface area contributed by atoms with Gasteiger partial charge in [-0.15, -0.1) is 11.3 Å². The van der Waals surface area contributed by atoms with Gasteiger partial charge in [-0.1, -0.05) is 31.6 Å². The van der Waals surface area contributed by atoms with Crippen LogP contribution in [-0.2, 0) is 6.42 Å². The van der Waals surface area contributed by atoms with Gasteiger partial charge in [-0.25, -0.2) is 9.78 Å². The lowest BCUT2D eigenvalue weighted by Crippen LogP contribution is -1.98. The molecule has 0 aliphatic rings. The Balaban J connectivity index is 3.36. The van der Waals surface area contributed by atoms with Crippen LogP contribution in [0.3, 0.4) is 0 Å². The zero-order valence-electron chi connectivity index (χ0n) is 12.2. The highest BCUT2D eigenvalue weighted by molar-refractivity contribution is 7.15. The maximum absolute atomic E-state index is 11.2. The Bertz CT molecular complexity index is 570. The number of hydrogen-bond acceptors (Lipinski definition) is 4. The summed E-state index contributed by atoms with van der Waals surface area (Å²) >= 11 is 1.14. The predicted octanol–water partition coefficient (Wildman–Crippen LogP) is 4.04. The summed E-state index contributed by atoms with van der Waals surface area (Å²) < 4.78 is 0. The van der Waals surface area contributed by atoms with Crippen molar-refractivity contribution in [3.63, 3.8) is 0 Å². The molecule has 20 heavy (non-hydrogen) atoms. The Kier molecular flexibility index (Phi) is 5.82. The summed E-state index contributed by atoms with van der Waals surface area (Å²) in [5, 5.41) is 17.4. The summed E-state index contributed by atoms with van der Waals surface area (Å²) in [7, 11) is 0. The van der Waals surface area contributed by atoms with E-state index >= 15 is 0 Å². The molecule has 0 bridgehead atoms. The molecule has 1 rings (SSSR count). The molecule has 4 nitrogen and oxygen atoms in total. The lowest BCUT2D eigenvalue weighted by molar-refractivity contribution is 0.0701. The van der Waals surface area contributed by atoms with E-state index in [1.807, 2.05) is 39.8 Å². The number of rotatable bonds is 6. The van der Waals surface area contributed by atoms with Crippen molar-refractivity contribution in [1.29, 1.82) is 5.41 Å². The molecule has 0 spiro atoms. The third-order valence-electron chi connectivity index (χ3n) is 3.19. The third kappa shape index (κ3) is 3.42. The van der Waals surface area contributed by atoms with E-state index in [4.69, 9.17) is 5.41 Å². The summed E-state index contributed by atoms with van der Waals surface area (Å²) in [5.41, 5.74) is 2.32. The number of nitrogens with one attached hydrogen (secondary N) is 1. The number of aryl methyl sites for hydroxylation is 1. The Morgan fingerprint density at radius 1 is 1.55 bits per heavy atom. The summed E-state index contributed by atoms with van der Waals surface area (Å²) in [5.74, 6) is -0.757. The minimum atomic E-state index is -0.950. The van der Waals surface area contributed by atoms with Crippen LogP contribution in [0.2, 0.25) is 0 Å². The highest BCUT2D eigenvalue weighted by Gasteiger charge is 2.19. The van der Waals surface area contributed by atoms with E-state index in [1.54, 1.807) is 0 Å². The van der Waals surface area contributed by atoms with Gasteiger partial charge < -0.3 is 10.5 Å². The average molecular weight is 292 g/mol. The number of carboxylic acids is 1. The maximum Gasteiger partial charge on any atom is 0.347 e. The molecule has 1 aromatic heterocycles.